The number of benzene rings is 1. The fraction of sp³-hybridized carbons (Fsp3) is 0.462. The first-order valence-corrected chi connectivity index (χ1v) is 7.05. The van der Waals surface area contributed by atoms with E-state index in [9.17, 15) is 4.39 Å². The lowest BCUT2D eigenvalue weighted by Crippen LogP contribution is -2.42. The van der Waals surface area contributed by atoms with Gasteiger partial charge in [-0.15, -0.1) is 23.7 Å². The molecule has 3 nitrogen and oxygen atoms in total. The summed E-state index contributed by atoms with van der Waals surface area (Å²) in [5.74, 6) is -0.197. The second-order valence-corrected chi connectivity index (χ2v) is 5.97. The quantitative estimate of drug-likeness (QED) is 0.927. The summed E-state index contributed by atoms with van der Waals surface area (Å²) in [6, 6.07) is 5.04. The molecule has 0 spiro atoms. The van der Waals surface area contributed by atoms with Crippen LogP contribution in [-0.2, 0) is 6.54 Å². The molecule has 2 heterocycles. The highest BCUT2D eigenvalue weighted by Crippen LogP contribution is 2.24. The second-order valence-electron chi connectivity index (χ2n) is 4.86. The van der Waals surface area contributed by atoms with Gasteiger partial charge in [0.25, 0.3) is 0 Å². The molecule has 19 heavy (non-hydrogen) atoms. The van der Waals surface area contributed by atoms with E-state index in [0.717, 1.165) is 47.7 Å². The molecule has 1 aliphatic rings. The Morgan fingerprint density at radius 1 is 1.47 bits per heavy atom. The van der Waals surface area contributed by atoms with E-state index in [1.54, 1.807) is 23.5 Å². The summed E-state index contributed by atoms with van der Waals surface area (Å²) in [4.78, 5) is 6.88. The lowest BCUT2D eigenvalue weighted by molar-refractivity contribution is 0.201. The Morgan fingerprint density at radius 2 is 2.32 bits per heavy atom. The molecular weight excluding hydrogens is 285 g/mol. The van der Waals surface area contributed by atoms with Gasteiger partial charge in [0.15, 0.2) is 0 Å². The summed E-state index contributed by atoms with van der Waals surface area (Å²) in [5.41, 5.74) is 6.85. The number of aromatic nitrogens is 1. The first-order chi connectivity index (χ1) is 8.70. The zero-order valence-electron chi connectivity index (χ0n) is 10.5. The summed E-state index contributed by atoms with van der Waals surface area (Å²) in [6.07, 6.45) is 2.27. The maximum Gasteiger partial charge on any atom is 0.124 e. The van der Waals surface area contributed by atoms with Crippen molar-refractivity contribution in [1.82, 2.24) is 9.88 Å². The maximum atomic E-state index is 13.1. The fourth-order valence-electron chi connectivity index (χ4n) is 2.44. The van der Waals surface area contributed by atoms with Gasteiger partial charge in [0.05, 0.1) is 16.8 Å². The molecule has 2 aromatic rings. The number of likely N-dealkylation sites (tertiary alicyclic amines) is 1. The Labute approximate surface area is 122 Å². The average Bonchev–Trinajstić information content (AvgIpc) is 2.70. The van der Waals surface area contributed by atoms with Crippen LogP contribution in [-0.4, -0.2) is 29.0 Å². The highest BCUT2D eigenvalue weighted by molar-refractivity contribution is 7.18. The molecule has 1 atom stereocenters. The van der Waals surface area contributed by atoms with Gasteiger partial charge < -0.3 is 5.73 Å². The van der Waals surface area contributed by atoms with Gasteiger partial charge in [-0.05, 0) is 37.6 Å². The molecule has 0 aliphatic carbocycles. The summed E-state index contributed by atoms with van der Waals surface area (Å²) in [6.45, 7) is 2.84. The van der Waals surface area contributed by atoms with Gasteiger partial charge in [-0.3, -0.25) is 4.90 Å². The van der Waals surface area contributed by atoms with Crippen molar-refractivity contribution in [2.75, 3.05) is 13.1 Å². The number of hydrogen-bond acceptors (Lipinski definition) is 4. The standard InChI is InChI=1S/C13H16FN3S.ClH/c14-9-3-4-11-12(6-9)18-13(16-11)8-17-5-1-2-10(15)7-17;/h3-4,6,10H,1-2,5,7-8,15H2;1H/t10-;/m1./s1. The molecule has 104 valence electrons. The highest BCUT2D eigenvalue weighted by Gasteiger charge is 2.18. The van der Waals surface area contributed by atoms with Gasteiger partial charge in [0.2, 0.25) is 0 Å². The predicted octanol–water partition coefficient (Wildman–Crippen LogP) is 2.78. The van der Waals surface area contributed by atoms with Crippen LogP contribution in [0, 0.1) is 5.82 Å². The van der Waals surface area contributed by atoms with Crippen LogP contribution < -0.4 is 5.73 Å². The van der Waals surface area contributed by atoms with Crippen LogP contribution >= 0.6 is 23.7 Å². The third-order valence-electron chi connectivity index (χ3n) is 3.30. The molecular formula is C13H17ClFN3S. The molecule has 1 saturated heterocycles. The minimum absolute atomic E-state index is 0. The van der Waals surface area contributed by atoms with Gasteiger partial charge in [-0.2, -0.15) is 0 Å². The van der Waals surface area contributed by atoms with Crippen molar-refractivity contribution >= 4 is 34.0 Å². The van der Waals surface area contributed by atoms with Crippen molar-refractivity contribution in [2.45, 2.75) is 25.4 Å². The lowest BCUT2D eigenvalue weighted by atomic mass is 10.1. The van der Waals surface area contributed by atoms with Crippen molar-refractivity contribution in [3.8, 4) is 0 Å². The number of fused-ring (bicyclic) bond motifs is 1. The maximum absolute atomic E-state index is 13.1. The van der Waals surface area contributed by atoms with Crippen molar-refractivity contribution in [2.24, 2.45) is 5.73 Å². The number of thiazole rings is 1. The summed E-state index contributed by atoms with van der Waals surface area (Å²) < 4.78 is 14.0. The van der Waals surface area contributed by atoms with Crippen molar-refractivity contribution < 1.29 is 4.39 Å². The first-order valence-electron chi connectivity index (χ1n) is 6.23. The molecule has 0 amide bonds. The van der Waals surface area contributed by atoms with E-state index in [4.69, 9.17) is 5.73 Å². The zero-order chi connectivity index (χ0) is 12.5. The number of nitrogens with zero attached hydrogens (tertiary/aromatic N) is 2. The molecule has 0 unspecified atom stereocenters. The first kappa shape index (κ1) is 14.7. The molecule has 3 rings (SSSR count). The summed E-state index contributed by atoms with van der Waals surface area (Å²) in [7, 11) is 0. The molecule has 1 aromatic heterocycles. The van der Waals surface area contributed by atoms with Gasteiger partial charge in [0.1, 0.15) is 10.8 Å². The number of nitrogens with two attached hydrogens (primary N) is 1. The van der Waals surface area contributed by atoms with Crippen molar-refractivity contribution in [1.29, 1.82) is 0 Å². The van der Waals surface area contributed by atoms with Crippen LogP contribution in [0.25, 0.3) is 10.2 Å². The molecule has 1 fully saturated rings. The monoisotopic (exact) mass is 301 g/mol. The number of halogens is 2. The minimum atomic E-state index is -0.197. The topological polar surface area (TPSA) is 42.1 Å². The van der Waals surface area contributed by atoms with E-state index in [2.05, 4.69) is 9.88 Å². The van der Waals surface area contributed by atoms with Gasteiger partial charge >= 0.3 is 0 Å². The normalized spacial score (nSPS) is 20.4. The van der Waals surface area contributed by atoms with Crippen molar-refractivity contribution in [3.05, 3.63) is 29.0 Å². The van der Waals surface area contributed by atoms with Crippen LogP contribution in [0.3, 0.4) is 0 Å². The van der Waals surface area contributed by atoms with E-state index in [-0.39, 0.29) is 24.3 Å². The van der Waals surface area contributed by atoms with E-state index in [0.29, 0.717) is 0 Å². The zero-order valence-corrected chi connectivity index (χ0v) is 12.1. The van der Waals surface area contributed by atoms with Crippen LogP contribution in [0.1, 0.15) is 17.8 Å². The Hall–Kier alpha value is -0.750. The second kappa shape index (κ2) is 6.13. The summed E-state index contributed by atoms with van der Waals surface area (Å²) in [5, 5.41) is 1.05. The molecule has 1 aromatic carbocycles. The SMILES string of the molecule is Cl.N[C@@H]1CCCN(Cc2nc3ccc(F)cc3s2)C1. The smallest absolute Gasteiger partial charge is 0.124 e. The van der Waals surface area contributed by atoms with Crippen LogP contribution in [0.5, 0.6) is 0 Å². The number of rotatable bonds is 2. The number of piperidine rings is 1. The van der Waals surface area contributed by atoms with Gasteiger partial charge in [0, 0.05) is 12.6 Å². The average molecular weight is 302 g/mol. The third-order valence-corrected chi connectivity index (χ3v) is 4.30. The molecule has 6 heteroatoms. The lowest BCUT2D eigenvalue weighted by Gasteiger charge is -2.29. The summed E-state index contributed by atoms with van der Waals surface area (Å²) >= 11 is 1.57. The van der Waals surface area contributed by atoms with E-state index >= 15 is 0 Å². The predicted molar refractivity (Wildman–Crippen MR) is 79.3 cm³/mol. The molecule has 0 radical (unpaired) electrons. The van der Waals surface area contributed by atoms with Gasteiger partial charge in [-0.1, -0.05) is 0 Å². The van der Waals surface area contributed by atoms with Crippen LogP contribution in [0.15, 0.2) is 18.2 Å². The Balaban J connectivity index is 0.00000133. The Morgan fingerprint density at radius 3 is 3.11 bits per heavy atom. The fourth-order valence-corrected chi connectivity index (χ4v) is 3.47. The Kier molecular flexibility index (Phi) is 4.73. The van der Waals surface area contributed by atoms with Crippen molar-refractivity contribution in [3.63, 3.8) is 0 Å². The third kappa shape index (κ3) is 3.42. The van der Waals surface area contributed by atoms with Crippen LogP contribution in [0.2, 0.25) is 0 Å². The Bertz CT molecular complexity index is 560. The van der Waals surface area contributed by atoms with E-state index in [1.165, 1.54) is 6.07 Å². The minimum Gasteiger partial charge on any atom is -0.327 e. The van der Waals surface area contributed by atoms with Gasteiger partial charge in [-0.25, -0.2) is 9.37 Å². The largest absolute Gasteiger partial charge is 0.327 e. The molecule has 0 saturated carbocycles. The molecule has 0 bridgehead atoms. The molecule has 1 aliphatic heterocycles. The van der Waals surface area contributed by atoms with E-state index in [1.807, 2.05) is 0 Å². The van der Waals surface area contributed by atoms with E-state index < -0.39 is 0 Å². The van der Waals surface area contributed by atoms with Crippen LogP contribution in [0.4, 0.5) is 4.39 Å². The molecule has 2 N–H and O–H groups in total. The number of hydrogen-bond donors (Lipinski definition) is 1. The highest BCUT2D eigenvalue weighted by atomic mass is 35.5.